The van der Waals surface area contributed by atoms with E-state index in [9.17, 15) is 14.7 Å². The van der Waals surface area contributed by atoms with E-state index >= 15 is 0 Å². The van der Waals surface area contributed by atoms with E-state index in [2.05, 4.69) is 44.7 Å². The highest BCUT2D eigenvalue weighted by atomic mass is 79.9. The number of halogens is 1. The first-order chi connectivity index (χ1) is 13.4. The van der Waals surface area contributed by atoms with Crippen LogP contribution in [0.3, 0.4) is 0 Å². The lowest BCUT2D eigenvalue weighted by Gasteiger charge is -2.18. The van der Waals surface area contributed by atoms with Crippen LogP contribution in [0, 0.1) is 0 Å². The number of nitrogens with zero attached hydrogens (tertiary/aromatic N) is 3. The lowest BCUT2D eigenvalue weighted by atomic mass is 10.2. The number of hydrogen-bond acceptors (Lipinski definition) is 5. The minimum atomic E-state index is -0.700. The zero-order chi connectivity index (χ0) is 20.7. The summed E-state index contributed by atoms with van der Waals surface area (Å²) in [5, 5.41) is 10.5. The average Bonchev–Trinajstić information content (AvgIpc) is 2.66. The van der Waals surface area contributed by atoms with Crippen LogP contribution in [0.15, 0.2) is 43.3 Å². The predicted octanol–water partition coefficient (Wildman–Crippen LogP) is 2.92. The van der Waals surface area contributed by atoms with Gasteiger partial charge in [0.05, 0.1) is 5.69 Å². The summed E-state index contributed by atoms with van der Waals surface area (Å²) in [6.07, 6.45) is 3.23. The Hall–Kier alpha value is -2.19. The van der Waals surface area contributed by atoms with E-state index in [1.165, 1.54) is 6.21 Å². The van der Waals surface area contributed by atoms with Crippen molar-refractivity contribution in [3.8, 4) is 11.6 Å². The summed E-state index contributed by atoms with van der Waals surface area (Å²) in [5.74, 6) is -0.421. The smallest absolute Gasteiger partial charge is 0.335 e. The van der Waals surface area contributed by atoms with Crippen molar-refractivity contribution in [3.05, 3.63) is 55.1 Å². The highest BCUT2D eigenvalue weighted by Crippen LogP contribution is 2.18. The molecular formula is C20H27BrN4O3. The summed E-state index contributed by atoms with van der Waals surface area (Å²) in [7, 11) is 0. The Bertz CT molecular complexity index is 915. The fraction of sp³-hybridized carbons (Fsp3) is 0.450. The minimum Gasteiger partial charge on any atom is -0.493 e. The van der Waals surface area contributed by atoms with Gasteiger partial charge in [0.2, 0.25) is 5.88 Å². The van der Waals surface area contributed by atoms with Crippen LogP contribution < -0.4 is 11.2 Å². The second-order valence-electron chi connectivity index (χ2n) is 6.60. The van der Waals surface area contributed by atoms with Crippen molar-refractivity contribution < 1.29 is 5.11 Å². The maximum Gasteiger partial charge on any atom is 0.335 e. The van der Waals surface area contributed by atoms with Gasteiger partial charge in [-0.2, -0.15) is 0 Å². The lowest BCUT2D eigenvalue weighted by molar-refractivity contribution is 0.294. The third kappa shape index (κ3) is 5.65. The van der Waals surface area contributed by atoms with E-state index in [4.69, 9.17) is 0 Å². The Balaban J connectivity index is 2.20. The van der Waals surface area contributed by atoms with Gasteiger partial charge in [0.15, 0.2) is 0 Å². The first kappa shape index (κ1) is 22.1. The van der Waals surface area contributed by atoms with Crippen LogP contribution >= 0.6 is 15.9 Å². The van der Waals surface area contributed by atoms with Crippen LogP contribution in [0.4, 0.5) is 0 Å². The molecule has 7 nitrogen and oxygen atoms in total. The number of H-pyrrole nitrogens is 1. The van der Waals surface area contributed by atoms with Crippen LogP contribution in [0.1, 0.15) is 39.2 Å². The van der Waals surface area contributed by atoms with Gasteiger partial charge in [0.1, 0.15) is 5.56 Å². The number of aromatic hydroxyl groups is 1. The zero-order valence-electron chi connectivity index (χ0n) is 16.5. The second-order valence-corrected chi connectivity index (χ2v) is 7.52. The van der Waals surface area contributed by atoms with E-state index in [-0.39, 0.29) is 11.6 Å². The molecular weight excluding hydrogens is 424 g/mol. The number of aromatic nitrogens is 2. The van der Waals surface area contributed by atoms with Gasteiger partial charge in [0, 0.05) is 16.7 Å². The summed E-state index contributed by atoms with van der Waals surface area (Å²) in [4.78, 5) is 33.3. The Labute approximate surface area is 172 Å². The van der Waals surface area contributed by atoms with Crippen LogP contribution in [0.2, 0.25) is 0 Å². The molecule has 1 aromatic heterocycles. The molecule has 0 amide bonds. The highest BCUT2D eigenvalue weighted by Gasteiger charge is 2.14. The van der Waals surface area contributed by atoms with Crippen molar-refractivity contribution >= 4 is 22.1 Å². The van der Waals surface area contributed by atoms with Crippen molar-refractivity contribution in [1.29, 1.82) is 0 Å². The number of aliphatic imine (C=N–C) groups is 1. The third-order valence-corrected chi connectivity index (χ3v) is 5.18. The molecule has 2 aromatic rings. The molecule has 1 aromatic carbocycles. The summed E-state index contributed by atoms with van der Waals surface area (Å²) in [6, 6.07) is 6.83. The lowest BCUT2D eigenvalue weighted by Crippen LogP contribution is -2.31. The van der Waals surface area contributed by atoms with Gasteiger partial charge >= 0.3 is 5.69 Å². The summed E-state index contributed by atoms with van der Waals surface area (Å²) in [6.45, 7) is 9.30. The first-order valence-corrected chi connectivity index (χ1v) is 10.3. The van der Waals surface area contributed by atoms with Gasteiger partial charge in [-0.05, 0) is 63.7 Å². The molecule has 152 valence electrons. The SMILES string of the molecule is CCN(CC)CCCC(C)N=Cc1c(O)n(-c2ccc(Br)cc2)c(=O)[nH]c1=O. The van der Waals surface area contributed by atoms with E-state index in [0.29, 0.717) is 5.69 Å². The molecule has 0 aliphatic carbocycles. The molecule has 1 atom stereocenters. The number of hydrogen-bond donors (Lipinski definition) is 2. The van der Waals surface area contributed by atoms with Crippen LogP contribution in [0.5, 0.6) is 5.88 Å². The van der Waals surface area contributed by atoms with Gasteiger partial charge in [-0.1, -0.05) is 29.8 Å². The van der Waals surface area contributed by atoms with Crippen LogP contribution in [-0.4, -0.2) is 51.4 Å². The Kier molecular flexibility index (Phi) is 8.19. The van der Waals surface area contributed by atoms with Gasteiger partial charge in [-0.3, -0.25) is 14.8 Å². The van der Waals surface area contributed by atoms with Gasteiger partial charge in [-0.25, -0.2) is 9.36 Å². The zero-order valence-corrected chi connectivity index (χ0v) is 18.1. The Morgan fingerprint density at radius 1 is 1.25 bits per heavy atom. The fourth-order valence-corrected chi connectivity index (χ4v) is 3.18. The molecule has 0 radical (unpaired) electrons. The van der Waals surface area contributed by atoms with E-state index in [1.807, 2.05) is 6.92 Å². The summed E-state index contributed by atoms with van der Waals surface area (Å²) in [5.41, 5.74) is -0.939. The molecule has 2 rings (SSSR count). The van der Waals surface area contributed by atoms with Crippen molar-refractivity contribution in [3.63, 3.8) is 0 Å². The molecule has 8 heteroatoms. The second kappa shape index (κ2) is 10.4. The number of rotatable bonds is 9. The average molecular weight is 451 g/mol. The van der Waals surface area contributed by atoms with E-state index in [1.54, 1.807) is 24.3 Å². The molecule has 0 saturated carbocycles. The molecule has 1 heterocycles. The standard InChI is InChI=1S/C20H27BrN4O3/c1-4-24(5-2)12-6-7-14(3)22-13-17-18(26)23-20(28)25(19(17)27)16-10-8-15(21)9-11-16/h8-11,13-14,27H,4-7,12H2,1-3H3,(H,23,26,28). The van der Waals surface area contributed by atoms with Crippen molar-refractivity contribution in [2.24, 2.45) is 4.99 Å². The van der Waals surface area contributed by atoms with Crippen molar-refractivity contribution in [1.82, 2.24) is 14.5 Å². The molecule has 0 bridgehead atoms. The third-order valence-electron chi connectivity index (χ3n) is 4.65. The van der Waals surface area contributed by atoms with Crippen LogP contribution in [0.25, 0.3) is 5.69 Å². The summed E-state index contributed by atoms with van der Waals surface area (Å²) < 4.78 is 1.90. The fourth-order valence-electron chi connectivity index (χ4n) is 2.91. The Morgan fingerprint density at radius 3 is 2.50 bits per heavy atom. The predicted molar refractivity (Wildman–Crippen MR) is 116 cm³/mol. The maximum absolute atomic E-state index is 12.2. The molecule has 28 heavy (non-hydrogen) atoms. The quantitative estimate of drug-likeness (QED) is 0.574. The van der Waals surface area contributed by atoms with Crippen LogP contribution in [-0.2, 0) is 0 Å². The summed E-state index contributed by atoms with van der Waals surface area (Å²) >= 11 is 3.33. The van der Waals surface area contributed by atoms with Gasteiger partial charge in [-0.15, -0.1) is 0 Å². The maximum atomic E-state index is 12.2. The van der Waals surface area contributed by atoms with E-state index in [0.717, 1.165) is 41.5 Å². The van der Waals surface area contributed by atoms with E-state index < -0.39 is 17.1 Å². The molecule has 0 spiro atoms. The van der Waals surface area contributed by atoms with Crippen molar-refractivity contribution in [2.45, 2.75) is 39.7 Å². The number of benzene rings is 1. The minimum absolute atomic E-state index is 0.00224. The molecule has 2 N–H and O–H groups in total. The molecule has 0 saturated heterocycles. The van der Waals surface area contributed by atoms with Crippen molar-refractivity contribution in [2.75, 3.05) is 19.6 Å². The molecule has 0 aliphatic rings. The Morgan fingerprint density at radius 2 is 1.89 bits per heavy atom. The molecule has 0 aliphatic heterocycles. The number of nitrogens with one attached hydrogen (secondary N) is 1. The first-order valence-electron chi connectivity index (χ1n) is 9.47. The monoisotopic (exact) mass is 450 g/mol. The van der Waals surface area contributed by atoms with Gasteiger partial charge < -0.3 is 10.0 Å². The molecule has 1 unspecified atom stereocenters. The normalized spacial score (nSPS) is 12.8. The molecule has 0 fully saturated rings. The number of aromatic amines is 1. The topological polar surface area (TPSA) is 90.7 Å². The largest absolute Gasteiger partial charge is 0.493 e. The highest BCUT2D eigenvalue weighted by molar-refractivity contribution is 9.10. The van der Waals surface area contributed by atoms with Gasteiger partial charge in [0.25, 0.3) is 5.56 Å².